The van der Waals surface area contributed by atoms with Gasteiger partial charge in [-0.2, -0.15) is 0 Å². The predicted molar refractivity (Wildman–Crippen MR) is 119 cm³/mol. The van der Waals surface area contributed by atoms with Gasteiger partial charge in [-0.25, -0.2) is 25.6 Å². The van der Waals surface area contributed by atoms with E-state index in [2.05, 4.69) is 9.44 Å². The maximum absolute atomic E-state index is 13.4. The highest BCUT2D eigenvalue weighted by Gasteiger charge is 2.22. The second kappa shape index (κ2) is 8.36. The number of aryl methyl sites for hydroxylation is 1. The molecule has 0 fully saturated rings. The summed E-state index contributed by atoms with van der Waals surface area (Å²) in [5, 5.41) is 0. The molecule has 0 saturated carbocycles. The number of nitrogens with one attached hydrogen (secondary N) is 2. The van der Waals surface area contributed by atoms with Crippen molar-refractivity contribution in [1.29, 1.82) is 0 Å². The summed E-state index contributed by atoms with van der Waals surface area (Å²) in [7, 11) is -7.93. The van der Waals surface area contributed by atoms with Gasteiger partial charge in [-0.1, -0.05) is 24.3 Å². The second-order valence-electron chi connectivity index (χ2n) is 7.17. The van der Waals surface area contributed by atoms with Crippen molar-refractivity contribution in [2.45, 2.75) is 17.7 Å². The topological polar surface area (TPSA) is 92.3 Å². The summed E-state index contributed by atoms with van der Waals surface area (Å²) < 4.78 is 81.4. The normalized spacial score (nSPS) is 13.8. The highest BCUT2D eigenvalue weighted by molar-refractivity contribution is 7.96. The average Bonchev–Trinajstić information content (AvgIpc) is 2.76. The summed E-state index contributed by atoms with van der Waals surface area (Å²) >= 11 is 0. The van der Waals surface area contributed by atoms with Gasteiger partial charge in [0, 0.05) is 11.4 Å². The third kappa shape index (κ3) is 4.66. The van der Waals surface area contributed by atoms with Gasteiger partial charge in [0.2, 0.25) is 0 Å². The summed E-state index contributed by atoms with van der Waals surface area (Å²) in [4.78, 5) is -0.176. The molecule has 0 unspecified atom stereocenters. The van der Waals surface area contributed by atoms with Crippen molar-refractivity contribution in [3.05, 3.63) is 94.4 Å². The van der Waals surface area contributed by atoms with E-state index in [0.717, 1.165) is 23.3 Å². The van der Waals surface area contributed by atoms with E-state index in [0.29, 0.717) is 18.9 Å². The molecule has 0 radical (unpaired) electrons. The van der Waals surface area contributed by atoms with Gasteiger partial charge >= 0.3 is 0 Å². The molecule has 0 bridgehead atoms. The van der Waals surface area contributed by atoms with Crippen molar-refractivity contribution in [3.63, 3.8) is 0 Å². The van der Waals surface area contributed by atoms with Crippen molar-refractivity contribution in [1.82, 2.24) is 0 Å². The third-order valence-electron chi connectivity index (χ3n) is 4.95. The molecule has 10 heteroatoms. The smallest absolute Gasteiger partial charge is 0.261 e. The first-order valence-electron chi connectivity index (χ1n) is 9.53. The van der Waals surface area contributed by atoms with Gasteiger partial charge in [0.05, 0.1) is 9.80 Å². The quantitative estimate of drug-likeness (QED) is 0.548. The van der Waals surface area contributed by atoms with Crippen LogP contribution < -0.4 is 9.44 Å². The molecule has 3 aromatic carbocycles. The van der Waals surface area contributed by atoms with Crippen LogP contribution >= 0.6 is 0 Å². The van der Waals surface area contributed by atoms with Crippen LogP contribution in [0.25, 0.3) is 6.08 Å². The average molecular weight is 477 g/mol. The van der Waals surface area contributed by atoms with Crippen molar-refractivity contribution in [2.24, 2.45) is 0 Å². The van der Waals surface area contributed by atoms with E-state index in [1.165, 1.54) is 24.3 Å². The first kappa shape index (κ1) is 22.0. The van der Waals surface area contributed by atoms with Crippen LogP contribution in [0.2, 0.25) is 0 Å². The van der Waals surface area contributed by atoms with E-state index in [4.69, 9.17) is 0 Å². The van der Waals surface area contributed by atoms with E-state index in [1.54, 1.807) is 6.08 Å². The van der Waals surface area contributed by atoms with E-state index in [-0.39, 0.29) is 16.3 Å². The number of halogens is 2. The van der Waals surface area contributed by atoms with Gasteiger partial charge < -0.3 is 0 Å². The Balaban J connectivity index is 1.49. The number of hydrogen-bond acceptors (Lipinski definition) is 4. The molecule has 6 nitrogen and oxygen atoms in total. The van der Waals surface area contributed by atoms with E-state index in [9.17, 15) is 25.6 Å². The highest BCUT2D eigenvalue weighted by atomic mass is 32.2. The number of rotatable bonds is 6. The summed E-state index contributed by atoms with van der Waals surface area (Å²) in [6, 6.07) is 15.3. The zero-order valence-electron chi connectivity index (χ0n) is 16.5. The van der Waals surface area contributed by atoms with Gasteiger partial charge in [-0.3, -0.25) is 9.44 Å². The summed E-state index contributed by atoms with van der Waals surface area (Å²) in [5.41, 5.74) is 2.33. The van der Waals surface area contributed by atoms with Crippen LogP contribution in [0.1, 0.15) is 17.5 Å². The van der Waals surface area contributed by atoms with E-state index >= 15 is 0 Å². The first-order chi connectivity index (χ1) is 15.1. The number of allylic oxidation sites excluding steroid dienone is 1. The Morgan fingerprint density at radius 2 is 1.31 bits per heavy atom. The Morgan fingerprint density at radius 3 is 1.97 bits per heavy atom. The lowest BCUT2D eigenvalue weighted by Gasteiger charge is -2.17. The monoisotopic (exact) mass is 476 g/mol. The van der Waals surface area contributed by atoms with Crippen LogP contribution in [0, 0.1) is 11.6 Å². The minimum absolute atomic E-state index is 0.128. The fourth-order valence-corrected chi connectivity index (χ4v) is 5.60. The maximum atomic E-state index is 13.4. The Hall–Kier alpha value is -3.24. The first-order valence-corrected chi connectivity index (χ1v) is 12.5. The fraction of sp³-hybridized carbons (Fsp3) is 0.0909. The molecule has 3 aromatic rings. The summed E-state index contributed by atoms with van der Waals surface area (Å²) in [6.45, 7) is 0. The largest absolute Gasteiger partial charge is 0.280 e. The second-order valence-corrected chi connectivity index (χ2v) is 10.6. The molecule has 4 rings (SSSR count). The number of sulfonamides is 2. The maximum Gasteiger partial charge on any atom is 0.261 e. The minimum atomic E-state index is -4.15. The van der Waals surface area contributed by atoms with E-state index < -0.39 is 36.6 Å². The molecular weight excluding hydrogens is 458 g/mol. The van der Waals surface area contributed by atoms with Crippen LogP contribution in [-0.4, -0.2) is 16.8 Å². The van der Waals surface area contributed by atoms with Crippen LogP contribution in [0.4, 0.5) is 20.2 Å². The molecule has 0 heterocycles. The fourth-order valence-electron chi connectivity index (χ4n) is 3.30. The molecule has 32 heavy (non-hydrogen) atoms. The van der Waals surface area contributed by atoms with Gasteiger partial charge in [-0.15, -0.1) is 0 Å². The van der Waals surface area contributed by atoms with Crippen LogP contribution in [0.15, 0.2) is 76.5 Å². The number of anilines is 2. The third-order valence-corrected chi connectivity index (χ3v) is 7.84. The molecule has 166 valence electrons. The van der Waals surface area contributed by atoms with Crippen molar-refractivity contribution in [3.8, 4) is 0 Å². The molecule has 0 spiro atoms. The lowest BCUT2D eigenvalue weighted by atomic mass is 9.98. The lowest BCUT2D eigenvalue weighted by Crippen LogP contribution is -2.17. The molecule has 1 aliphatic rings. The lowest BCUT2D eigenvalue weighted by molar-refractivity contribution is 0.504. The number of hydrogen-bond donors (Lipinski definition) is 2. The highest BCUT2D eigenvalue weighted by Crippen LogP contribution is 2.28. The molecule has 2 N–H and O–H groups in total. The zero-order valence-corrected chi connectivity index (χ0v) is 18.2. The minimum Gasteiger partial charge on any atom is -0.280 e. The van der Waals surface area contributed by atoms with Gasteiger partial charge in [0.1, 0.15) is 0 Å². The van der Waals surface area contributed by atoms with Gasteiger partial charge in [0.25, 0.3) is 20.0 Å². The van der Waals surface area contributed by atoms with Crippen LogP contribution in [0.3, 0.4) is 0 Å². The zero-order chi connectivity index (χ0) is 22.9. The van der Waals surface area contributed by atoms with Crippen molar-refractivity contribution in [2.75, 3.05) is 9.44 Å². The standard InChI is InChI=1S/C22H18F2N2O4S2/c23-21-12-11-20(14-22(21)24)32(29,30)26-18-8-6-17(7-9-18)25-31(27,28)19-10-5-15-3-1-2-4-16(15)13-19/h1-4,6-9,11-14,25-26H,5,10H2. The Morgan fingerprint density at radius 1 is 0.688 bits per heavy atom. The molecule has 0 aliphatic heterocycles. The Labute approximate surface area is 184 Å². The molecular formula is C22H18F2N2O4S2. The van der Waals surface area contributed by atoms with Crippen molar-refractivity contribution < 1.29 is 25.6 Å². The molecule has 0 saturated heterocycles. The molecule has 1 aliphatic carbocycles. The van der Waals surface area contributed by atoms with Crippen LogP contribution in [-0.2, 0) is 26.5 Å². The van der Waals surface area contributed by atoms with Gasteiger partial charge in [0.15, 0.2) is 11.6 Å². The predicted octanol–water partition coefficient (Wildman–Crippen LogP) is 4.49. The summed E-state index contributed by atoms with van der Waals surface area (Å²) in [5.74, 6) is -2.44. The van der Waals surface area contributed by atoms with Gasteiger partial charge in [-0.05, 0) is 72.5 Å². The van der Waals surface area contributed by atoms with Crippen LogP contribution in [0.5, 0.6) is 0 Å². The molecule has 0 aromatic heterocycles. The number of benzene rings is 3. The Bertz CT molecular complexity index is 1420. The molecule has 0 atom stereocenters. The number of fused-ring (bicyclic) bond motifs is 1. The van der Waals surface area contributed by atoms with E-state index in [1.807, 2.05) is 24.3 Å². The summed E-state index contributed by atoms with van der Waals surface area (Å²) in [6.07, 6.45) is 2.64. The van der Waals surface area contributed by atoms with Crippen molar-refractivity contribution >= 4 is 37.5 Å². The SMILES string of the molecule is O=S(=O)(Nc1ccc(NS(=O)(=O)c2ccc(F)c(F)c2)cc1)C1=Cc2ccccc2CC1. The Kier molecular flexibility index (Phi) is 5.74. The molecule has 0 amide bonds.